The lowest BCUT2D eigenvalue weighted by Crippen LogP contribution is -2.35. The largest absolute Gasteiger partial charge is 0.349 e. The van der Waals surface area contributed by atoms with E-state index in [0.717, 1.165) is 0 Å². The molecule has 1 aliphatic carbocycles. The molecule has 5 nitrogen and oxygen atoms in total. The van der Waals surface area contributed by atoms with Crippen molar-refractivity contribution in [1.82, 2.24) is 0 Å². The van der Waals surface area contributed by atoms with Gasteiger partial charge >= 0.3 is 0 Å². The van der Waals surface area contributed by atoms with Gasteiger partial charge in [0.2, 0.25) is 0 Å². The maximum absolute atomic E-state index is 12.9. The second-order valence-corrected chi connectivity index (χ2v) is 6.77. The van der Waals surface area contributed by atoms with Crippen LogP contribution >= 0.6 is 11.6 Å². The van der Waals surface area contributed by atoms with E-state index < -0.39 is 23.0 Å². The molecule has 2 saturated heterocycles. The number of carbonyl (C=O) groups is 1. The van der Waals surface area contributed by atoms with Gasteiger partial charge in [0.15, 0.2) is 17.5 Å². The molecule has 1 saturated carbocycles. The maximum Gasteiger partial charge on any atom is 0.169 e. The van der Waals surface area contributed by atoms with Gasteiger partial charge in [-0.2, -0.15) is 10.5 Å². The molecule has 0 amide bonds. The highest BCUT2D eigenvalue weighted by Gasteiger charge is 2.86. The minimum absolute atomic E-state index is 0.00703. The van der Waals surface area contributed by atoms with E-state index in [1.807, 2.05) is 0 Å². The molecule has 6 heteroatoms. The molecule has 0 radical (unpaired) electrons. The van der Waals surface area contributed by atoms with Gasteiger partial charge in [-0.05, 0) is 37.1 Å². The van der Waals surface area contributed by atoms with Crippen molar-refractivity contribution in [2.75, 3.05) is 6.61 Å². The second-order valence-electron chi connectivity index (χ2n) is 6.34. The summed E-state index contributed by atoms with van der Waals surface area (Å²) in [5.41, 5.74) is -1.80. The van der Waals surface area contributed by atoms with Gasteiger partial charge in [-0.1, -0.05) is 11.6 Å². The van der Waals surface area contributed by atoms with Crippen LogP contribution < -0.4 is 0 Å². The van der Waals surface area contributed by atoms with E-state index in [1.54, 1.807) is 24.3 Å². The van der Waals surface area contributed by atoms with E-state index in [0.29, 0.717) is 30.0 Å². The molecule has 0 N–H and O–H groups in total. The fraction of sp³-hybridized carbons (Fsp3) is 0.471. The van der Waals surface area contributed by atoms with Crippen LogP contribution in [0.2, 0.25) is 5.02 Å². The van der Waals surface area contributed by atoms with E-state index in [1.165, 1.54) is 0 Å². The summed E-state index contributed by atoms with van der Waals surface area (Å²) < 4.78 is 11.4. The summed E-state index contributed by atoms with van der Waals surface area (Å²) in [6.45, 7) is 0.460. The number of Topliss-reactive ketones (excluding diaryl/α,β-unsaturated/α-hetero) is 1. The van der Waals surface area contributed by atoms with Crippen molar-refractivity contribution in [3.63, 3.8) is 0 Å². The predicted octanol–water partition coefficient (Wildman–Crippen LogP) is 2.71. The van der Waals surface area contributed by atoms with Crippen molar-refractivity contribution in [1.29, 1.82) is 10.5 Å². The molecule has 3 fully saturated rings. The molecule has 2 aliphatic heterocycles. The summed E-state index contributed by atoms with van der Waals surface area (Å²) in [5, 5.41) is 19.8. The summed E-state index contributed by atoms with van der Waals surface area (Å²) in [4.78, 5) is 12.9. The van der Waals surface area contributed by atoms with E-state index >= 15 is 0 Å². The average Bonchev–Trinajstić information content (AvgIpc) is 2.94. The maximum atomic E-state index is 12.9. The Kier molecular flexibility index (Phi) is 3.05. The third-order valence-corrected chi connectivity index (χ3v) is 5.64. The van der Waals surface area contributed by atoms with E-state index in [-0.39, 0.29) is 11.9 Å². The van der Waals surface area contributed by atoms with Crippen molar-refractivity contribution < 1.29 is 14.3 Å². The molecule has 1 aromatic rings. The van der Waals surface area contributed by atoms with Gasteiger partial charge in [0.25, 0.3) is 0 Å². The lowest BCUT2D eigenvalue weighted by molar-refractivity contribution is -0.140. The normalized spacial score (nSPS) is 36.2. The smallest absolute Gasteiger partial charge is 0.169 e. The first-order valence-corrected chi connectivity index (χ1v) is 7.86. The molecule has 116 valence electrons. The van der Waals surface area contributed by atoms with Crippen LogP contribution in [0.1, 0.15) is 23.2 Å². The van der Waals surface area contributed by atoms with Crippen molar-refractivity contribution in [2.24, 2.45) is 16.7 Å². The molecule has 2 heterocycles. The molecule has 0 unspecified atom stereocenters. The van der Waals surface area contributed by atoms with Gasteiger partial charge in [0, 0.05) is 10.6 Å². The van der Waals surface area contributed by atoms with Crippen LogP contribution in [-0.4, -0.2) is 24.8 Å². The topological polar surface area (TPSA) is 83.1 Å². The summed E-state index contributed by atoms with van der Waals surface area (Å²) in [7, 11) is 0. The SMILES string of the molecule is N#CC1(C#N)[C@@H](C(=O)c2ccc(Cl)cc2)[C@@]12CC[C@@H]1CO[C@@H]2O1. The van der Waals surface area contributed by atoms with E-state index in [2.05, 4.69) is 12.1 Å². The zero-order valence-electron chi connectivity index (χ0n) is 12.2. The molecule has 3 aliphatic rings. The molecule has 1 spiro atoms. The number of nitrogens with zero attached hydrogens (tertiary/aromatic N) is 2. The van der Waals surface area contributed by atoms with Gasteiger partial charge in [-0.15, -0.1) is 0 Å². The Balaban J connectivity index is 1.75. The predicted molar refractivity (Wildman–Crippen MR) is 79.2 cm³/mol. The van der Waals surface area contributed by atoms with Crippen molar-refractivity contribution in [3.05, 3.63) is 34.9 Å². The van der Waals surface area contributed by atoms with Crippen LogP contribution in [0.25, 0.3) is 0 Å². The standard InChI is InChI=1S/C17H13ClN2O3/c18-11-3-1-10(2-4-11)13(21)14-16(8-19,9-20)17(14)6-5-12-7-22-15(17)23-12/h1-4,12,14-15H,5-7H2/t12-,14-,15-,17-/m1/s1. The highest BCUT2D eigenvalue weighted by atomic mass is 35.5. The third-order valence-electron chi connectivity index (χ3n) is 5.39. The molecule has 2 bridgehead atoms. The third kappa shape index (κ3) is 1.70. The fourth-order valence-corrected chi connectivity index (χ4v) is 4.31. The first-order valence-electron chi connectivity index (χ1n) is 7.48. The first kappa shape index (κ1) is 14.7. The summed E-state index contributed by atoms with van der Waals surface area (Å²) in [6.07, 6.45) is 0.647. The van der Waals surface area contributed by atoms with Crippen LogP contribution in [0, 0.1) is 39.4 Å². The van der Waals surface area contributed by atoms with Crippen molar-refractivity contribution in [3.8, 4) is 12.1 Å². The van der Waals surface area contributed by atoms with Crippen molar-refractivity contribution >= 4 is 17.4 Å². The van der Waals surface area contributed by atoms with Crippen LogP contribution in [0.5, 0.6) is 0 Å². The van der Waals surface area contributed by atoms with Crippen LogP contribution in [0.15, 0.2) is 24.3 Å². The number of nitriles is 2. The molecule has 4 atom stereocenters. The number of benzene rings is 1. The average molecular weight is 329 g/mol. The summed E-state index contributed by atoms with van der Waals surface area (Å²) in [5.74, 6) is -0.947. The van der Waals surface area contributed by atoms with E-state index in [4.69, 9.17) is 21.1 Å². The molecular weight excluding hydrogens is 316 g/mol. The number of halogens is 1. The Labute approximate surface area is 138 Å². The Bertz CT molecular complexity index is 750. The number of carbonyl (C=O) groups excluding carboxylic acids is 1. The Morgan fingerprint density at radius 2 is 1.96 bits per heavy atom. The Morgan fingerprint density at radius 1 is 1.26 bits per heavy atom. The van der Waals surface area contributed by atoms with E-state index in [9.17, 15) is 15.3 Å². The number of fused-ring (bicyclic) bond motifs is 3. The quantitative estimate of drug-likeness (QED) is 0.779. The monoisotopic (exact) mass is 328 g/mol. The Morgan fingerprint density at radius 3 is 2.61 bits per heavy atom. The molecule has 23 heavy (non-hydrogen) atoms. The zero-order chi connectivity index (χ0) is 16.2. The highest BCUT2D eigenvalue weighted by Crippen LogP contribution is 2.76. The Hall–Kier alpha value is -1.92. The van der Waals surface area contributed by atoms with Crippen LogP contribution in [-0.2, 0) is 9.47 Å². The summed E-state index contributed by atoms with van der Waals surface area (Å²) in [6, 6.07) is 10.7. The lowest BCUT2D eigenvalue weighted by Gasteiger charge is -2.29. The minimum Gasteiger partial charge on any atom is -0.349 e. The number of ketones is 1. The van der Waals surface area contributed by atoms with Crippen molar-refractivity contribution in [2.45, 2.75) is 25.2 Å². The number of rotatable bonds is 2. The fourth-order valence-electron chi connectivity index (χ4n) is 4.18. The van der Waals surface area contributed by atoms with Gasteiger partial charge < -0.3 is 9.47 Å². The molecule has 1 aromatic carbocycles. The van der Waals surface area contributed by atoms with Gasteiger partial charge in [0.05, 0.1) is 36.2 Å². The zero-order valence-corrected chi connectivity index (χ0v) is 12.9. The number of hydrogen-bond acceptors (Lipinski definition) is 5. The number of hydrogen-bond donors (Lipinski definition) is 0. The minimum atomic E-state index is -1.39. The molecule has 4 rings (SSSR count). The van der Waals surface area contributed by atoms with Crippen LogP contribution in [0.4, 0.5) is 0 Å². The molecule has 0 aromatic heterocycles. The van der Waals surface area contributed by atoms with Gasteiger partial charge in [-0.25, -0.2) is 0 Å². The van der Waals surface area contributed by atoms with Crippen LogP contribution in [0.3, 0.4) is 0 Å². The summed E-state index contributed by atoms with van der Waals surface area (Å²) >= 11 is 5.86. The first-order chi connectivity index (χ1) is 11.1. The number of ether oxygens (including phenoxy) is 2. The molecular formula is C17H13ClN2O3. The van der Waals surface area contributed by atoms with Gasteiger partial charge in [-0.3, -0.25) is 4.79 Å². The lowest BCUT2D eigenvalue weighted by atomic mass is 9.86. The second kappa shape index (κ2) is 4.79. The van der Waals surface area contributed by atoms with Gasteiger partial charge in [0.1, 0.15) is 0 Å². The highest BCUT2D eigenvalue weighted by molar-refractivity contribution is 6.30.